The standard InChI is InChI=1S/C15H26N2O3/c1-11-9-13(6-7-16-11)15(20)17-8-2-3-12(10-17)4-5-14(18)19/h11-13,16H,2-10H2,1H3,(H,18,19). The Hall–Kier alpha value is -1.10. The molecule has 20 heavy (non-hydrogen) atoms. The van der Waals surface area contributed by atoms with Crippen molar-refractivity contribution >= 4 is 11.9 Å². The van der Waals surface area contributed by atoms with E-state index in [0.717, 1.165) is 45.3 Å². The van der Waals surface area contributed by atoms with Crippen molar-refractivity contribution in [2.75, 3.05) is 19.6 Å². The van der Waals surface area contributed by atoms with Gasteiger partial charge < -0.3 is 15.3 Å². The van der Waals surface area contributed by atoms with Crippen LogP contribution in [0.2, 0.25) is 0 Å². The van der Waals surface area contributed by atoms with E-state index in [1.165, 1.54) is 0 Å². The Bertz CT molecular complexity index is 359. The number of amides is 1. The molecule has 2 N–H and O–H groups in total. The maximum atomic E-state index is 12.6. The van der Waals surface area contributed by atoms with E-state index in [1.807, 2.05) is 4.90 Å². The summed E-state index contributed by atoms with van der Waals surface area (Å²) in [5.41, 5.74) is 0. The topological polar surface area (TPSA) is 69.6 Å². The van der Waals surface area contributed by atoms with E-state index in [0.29, 0.717) is 24.3 Å². The monoisotopic (exact) mass is 282 g/mol. The van der Waals surface area contributed by atoms with Crippen LogP contribution >= 0.6 is 0 Å². The Balaban J connectivity index is 1.84. The Morgan fingerprint density at radius 1 is 1.35 bits per heavy atom. The lowest BCUT2D eigenvalue weighted by molar-refractivity contribution is -0.139. The van der Waals surface area contributed by atoms with Crippen LogP contribution in [0.5, 0.6) is 0 Å². The first-order chi connectivity index (χ1) is 9.56. The fourth-order valence-electron chi connectivity index (χ4n) is 3.44. The lowest BCUT2D eigenvalue weighted by atomic mass is 9.89. The highest BCUT2D eigenvalue weighted by atomic mass is 16.4. The lowest BCUT2D eigenvalue weighted by Crippen LogP contribution is -2.47. The number of carboxylic acids is 1. The molecule has 0 aliphatic carbocycles. The third-order valence-corrected chi connectivity index (χ3v) is 4.57. The molecule has 5 heteroatoms. The lowest BCUT2D eigenvalue weighted by Gasteiger charge is -2.37. The van der Waals surface area contributed by atoms with Crippen molar-refractivity contribution in [3.8, 4) is 0 Å². The average Bonchev–Trinajstić information content (AvgIpc) is 2.44. The molecule has 0 aromatic rings. The summed E-state index contributed by atoms with van der Waals surface area (Å²) in [6.45, 7) is 4.66. The Labute approximate surface area is 120 Å². The first-order valence-corrected chi connectivity index (χ1v) is 7.80. The van der Waals surface area contributed by atoms with Crippen molar-refractivity contribution in [3.63, 3.8) is 0 Å². The molecule has 0 spiro atoms. The van der Waals surface area contributed by atoms with Gasteiger partial charge in [0.2, 0.25) is 5.91 Å². The van der Waals surface area contributed by atoms with E-state index in [2.05, 4.69) is 12.2 Å². The van der Waals surface area contributed by atoms with Gasteiger partial charge in [0.15, 0.2) is 0 Å². The molecular weight excluding hydrogens is 256 g/mol. The first kappa shape index (κ1) is 15.3. The summed E-state index contributed by atoms with van der Waals surface area (Å²) in [7, 11) is 0. The van der Waals surface area contributed by atoms with Gasteiger partial charge in [-0.1, -0.05) is 0 Å². The fraction of sp³-hybridized carbons (Fsp3) is 0.867. The minimum absolute atomic E-state index is 0.157. The van der Waals surface area contributed by atoms with Crippen LogP contribution in [0.15, 0.2) is 0 Å². The zero-order valence-corrected chi connectivity index (χ0v) is 12.3. The molecule has 5 nitrogen and oxygen atoms in total. The van der Waals surface area contributed by atoms with E-state index in [4.69, 9.17) is 5.11 Å². The van der Waals surface area contributed by atoms with Gasteiger partial charge in [-0.05, 0) is 51.5 Å². The molecular formula is C15H26N2O3. The summed E-state index contributed by atoms with van der Waals surface area (Å²) in [4.78, 5) is 25.2. The number of carbonyl (C=O) groups excluding carboxylic acids is 1. The summed E-state index contributed by atoms with van der Waals surface area (Å²) in [6.07, 6.45) is 4.84. The number of carboxylic acid groups (broad SMARTS) is 1. The second-order valence-electron chi connectivity index (χ2n) is 6.30. The Morgan fingerprint density at radius 3 is 2.85 bits per heavy atom. The number of nitrogens with zero attached hydrogens (tertiary/aromatic N) is 1. The smallest absolute Gasteiger partial charge is 0.303 e. The van der Waals surface area contributed by atoms with Gasteiger partial charge in [0.1, 0.15) is 0 Å². The minimum Gasteiger partial charge on any atom is -0.481 e. The molecule has 0 bridgehead atoms. The molecule has 2 rings (SSSR count). The molecule has 1 amide bonds. The van der Waals surface area contributed by atoms with Crippen molar-refractivity contribution < 1.29 is 14.7 Å². The number of rotatable bonds is 4. The van der Waals surface area contributed by atoms with Crippen molar-refractivity contribution in [1.29, 1.82) is 0 Å². The number of hydrogen-bond acceptors (Lipinski definition) is 3. The highest BCUT2D eigenvalue weighted by Gasteiger charge is 2.31. The highest BCUT2D eigenvalue weighted by Crippen LogP contribution is 2.25. The second-order valence-corrected chi connectivity index (χ2v) is 6.30. The van der Waals surface area contributed by atoms with Crippen LogP contribution in [-0.4, -0.2) is 47.6 Å². The summed E-state index contributed by atoms with van der Waals surface area (Å²) >= 11 is 0. The minimum atomic E-state index is -0.736. The van der Waals surface area contributed by atoms with Gasteiger partial charge in [0.25, 0.3) is 0 Å². The van der Waals surface area contributed by atoms with Crippen molar-refractivity contribution in [2.45, 2.75) is 51.5 Å². The van der Waals surface area contributed by atoms with Gasteiger partial charge >= 0.3 is 5.97 Å². The molecule has 3 atom stereocenters. The Kier molecular flexibility index (Phi) is 5.40. The molecule has 2 fully saturated rings. The molecule has 2 heterocycles. The van der Waals surface area contributed by atoms with Gasteiger partial charge in [-0.15, -0.1) is 0 Å². The predicted molar refractivity (Wildman–Crippen MR) is 76.4 cm³/mol. The number of nitrogens with one attached hydrogen (secondary N) is 1. The number of likely N-dealkylation sites (tertiary alicyclic amines) is 1. The second kappa shape index (κ2) is 7.07. The quantitative estimate of drug-likeness (QED) is 0.819. The molecule has 0 aromatic carbocycles. The number of piperidine rings is 2. The maximum Gasteiger partial charge on any atom is 0.303 e. The number of aliphatic carboxylic acids is 1. The van der Waals surface area contributed by atoms with Crippen molar-refractivity contribution in [3.05, 3.63) is 0 Å². The van der Waals surface area contributed by atoms with E-state index in [9.17, 15) is 9.59 Å². The molecule has 2 saturated heterocycles. The molecule has 3 unspecified atom stereocenters. The average molecular weight is 282 g/mol. The summed E-state index contributed by atoms with van der Waals surface area (Å²) in [6, 6.07) is 0.422. The van der Waals surface area contributed by atoms with Crippen LogP contribution in [0.25, 0.3) is 0 Å². The van der Waals surface area contributed by atoms with E-state index < -0.39 is 5.97 Å². The van der Waals surface area contributed by atoms with Gasteiger partial charge in [0, 0.05) is 31.5 Å². The van der Waals surface area contributed by atoms with E-state index >= 15 is 0 Å². The number of hydrogen-bond donors (Lipinski definition) is 2. The van der Waals surface area contributed by atoms with E-state index in [-0.39, 0.29) is 12.3 Å². The van der Waals surface area contributed by atoms with Crippen LogP contribution in [0.4, 0.5) is 0 Å². The summed E-state index contributed by atoms with van der Waals surface area (Å²) in [5.74, 6) is 0.0754. The first-order valence-electron chi connectivity index (χ1n) is 7.80. The zero-order valence-electron chi connectivity index (χ0n) is 12.3. The third-order valence-electron chi connectivity index (χ3n) is 4.57. The molecule has 0 saturated carbocycles. The van der Waals surface area contributed by atoms with Gasteiger partial charge in [-0.3, -0.25) is 9.59 Å². The third kappa shape index (κ3) is 4.20. The van der Waals surface area contributed by atoms with Crippen molar-refractivity contribution in [1.82, 2.24) is 10.2 Å². The van der Waals surface area contributed by atoms with Crippen molar-refractivity contribution in [2.24, 2.45) is 11.8 Å². The molecule has 0 aromatic heterocycles. The summed E-state index contributed by atoms with van der Waals surface area (Å²) < 4.78 is 0. The van der Waals surface area contributed by atoms with Crippen LogP contribution < -0.4 is 5.32 Å². The largest absolute Gasteiger partial charge is 0.481 e. The molecule has 2 aliphatic rings. The number of carbonyl (C=O) groups is 2. The molecule has 0 radical (unpaired) electrons. The molecule has 2 aliphatic heterocycles. The Morgan fingerprint density at radius 2 is 2.15 bits per heavy atom. The molecule has 114 valence electrons. The van der Waals surface area contributed by atoms with Crippen LogP contribution in [0.3, 0.4) is 0 Å². The van der Waals surface area contributed by atoms with Gasteiger partial charge in [-0.2, -0.15) is 0 Å². The van der Waals surface area contributed by atoms with Crippen LogP contribution in [0, 0.1) is 11.8 Å². The zero-order chi connectivity index (χ0) is 14.5. The van der Waals surface area contributed by atoms with Gasteiger partial charge in [-0.25, -0.2) is 0 Å². The van der Waals surface area contributed by atoms with Crippen LogP contribution in [0.1, 0.15) is 45.4 Å². The highest BCUT2D eigenvalue weighted by molar-refractivity contribution is 5.79. The normalized spacial score (nSPS) is 31.1. The van der Waals surface area contributed by atoms with Gasteiger partial charge in [0.05, 0.1) is 0 Å². The van der Waals surface area contributed by atoms with E-state index in [1.54, 1.807) is 0 Å². The SMILES string of the molecule is CC1CC(C(=O)N2CCCC(CCC(=O)O)C2)CCN1. The summed E-state index contributed by atoms with van der Waals surface area (Å²) in [5, 5.41) is 12.1. The maximum absolute atomic E-state index is 12.6. The fourth-order valence-corrected chi connectivity index (χ4v) is 3.44. The van der Waals surface area contributed by atoms with Crippen LogP contribution in [-0.2, 0) is 9.59 Å². The predicted octanol–water partition coefficient (Wildman–Crippen LogP) is 1.48.